The van der Waals surface area contributed by atoms with Crippen molar-refractivity contribution in [2.24, 2.45) is 5.73 Å². The van der Waals surface area contributed by atoms with E-state index in [0.717, 1.165) is 9.86 Å². The summed E-state index contributed by atoms with van der Waals surface area (Å²) in [5, 5.41) is 0.766. The number of fused-ring (bicyclic) bond motifs is 1. The highest BCUT2D eigenvalue weighted by Crippen LogP contribution is 2.24. The zero-order valence-electron chi connectivity index (χ0n) is 7.30. The third kappa shape index (κ3) is 1.51. The maximum Gasteiger partial charge on any atom is 0.149 e. The van der Waals surface area contributed by atoms with Crippen molar-refractivity contribution in [1.82, 2.24) is 4.98 Å². The van der Waals surface area contributed by atoms with Gasteiger partial charge in [-0.3, -0.25) is 0 Å². The molecule has 0 saturated carbocycles. The summed E-state index contributed by atoms with van der Waals surface area (Å²) in [4.78, 5) is 4.12. The maximum absolute atomic E-state index is 13.4. The van der Waals surface area contributed by atoms with Crippen molar-refractivity contribution >= 4 is 26.8 Å². The highest BCUT2D eigenvalue weighted by Gasteiger charge is 2.05. The van der Waals surface area contributed by atoms with Gasteiger partial charge in [-0.15, -0.1) is 0 Å². The van der Waals surface area contributed by atoms with Gasteiger partial charge in [0.15, 0.2) is 0 Å². The molecule has 0 bridgehead atoms. The summed E-state index contributed by atoms with van der Waals surface area (Å²) in [6.45, 7) is 0.321. The largest absolute Gasteiger partial charge is 0.325 e. The van der Waals surface area contributed by atoms with Crippen LogP contribution in [0.2, 0.25) is 0 Å². The molecule has 0 fully saturated rings. The molecule has 0 spiro atoms. The highest BCUT2D eigenvalue weighted by atomic mass is 79.9. The second-order valence-corrected chi connectivity index (χ2v) is 3.79. The topological polar surface area (TPSA) is 38.9 Å². The van der Waals surface area contributed by atoms with Gasteiger partial charge in [0.1, 0.15) is 11.3 Å². The van der Waals surface area contributed by atoms with E-state index in [1.165, 1.54) is 6.07 Å². The molecule has 2 nitrogen and oxygen atoms in total. The molecule has 0 aliphatic heterocycles. The first kappa shape index (κ1) is 9.55. The molecule has 0 aliphatic carbocycles. The van der Waals surface area contributed by atoms with Gasteiger partial charge in [-0.1, -0.05) is 15.9 Å². The van der Waals surface area contributed by atoms with Crippen LogP contribution in [-0.2, 0) is 6.54 Å². The van der Waals surface area contributed by atoms with Crippen molar-refractivity contribution in [3.8, 4) is 0 Å². The summed E-state index contributed by atoms with van der Waals surface area (Å²) in [6, 6.07) is 6.67. The molecule has 0 radical (unpaired) electrons. The third-order valence-electron chi connectivity index (χ3n) is 2.02. The van der Waals surface area contributed by atoms with E-state index in [2.05, 4.69) is 20.9 Å². The number of aromatic nitrogens is 1. The van der Waals surface area contributed by atoms with E-state index in [1.807, 2.05) is 6.07 Å². The van der Waals surface area contributed by atoms with Crippen molar-refractivity contribution in [2.45, 2.75) is 6.54 Å². The molecule has 2 aromatic rings. The van der Waals surface area contributed by atoms with Gasteiger partial charge in [-0.05, 0) is 24.3 Å². The quantitative estimate of drug-likeness (QED) is 0.850. The fourth-order valence-corrected chi connectivity index (χ4v) is 1.76. The minimum Gasteiger partial charge on any atom is -0.325 e. The molecular formula is C10H8BrFN2. The van der Waals surface area contributed by atoms with E-state index < -0.39 is 0 Å². The first-order chi connectivity index (χ1) is 6.72. The molecule has 2 N–H and O–H groups in total. The summed E-state index contributed by atoms with van der Waals surface area (Å²) in [7, 11) is 0. The summed E-state index contributed by atoms with van der Waals surface area (Å²) in [6.07, 6.45) is 0. The van der Waals surface area contributed by atoms with Gasteiger partial charge < -0.3 is 5.73 Å². The molecule has 1 aromatic heterocycles. The van der Waals surface area contributed by atoms with E-state index in [9.17, 15) is 4.39 Å². The van der Waals surface area contributed by atoms with Crippen LogP contribution in [-0.4, -0.2) is 4.98 Å². The van der Waals surface area contributed by atoms with Crippen LogP contribution in [0.3, 0.4) is 0 Å². The van der Waals surface area contributed by atoms with Crippen molar-refractivity contribution in [3.63, 3.8) is 0 Å². The zero-order chi connectivity index (χ0) is 10.1. The lowest BCUT2D eigenvalue weighted by Gasteiger charge is -2.03. The lowest BCUT2D eigenvalue weighted by molar-refractivity contribution is 0.636. The first-order valence-corrected chi connectivity index (χ1v) is 4.95. The van der Waals surface area contributed by atoms with Gasteiger partial charge in [-0.2, -0.15) is 0 Å². The van der Waals surface area contributed by atoms with E-state index >= 15 is 0 Å². The number of hydrogen-bond donors (Lipinski definition) is 1. The maximum atomic E-state index is 13.4. The smallest absolute Gasteiger partial charge is 0.149 e. The molecule has 14 heavy (non-hydrogen) atoms. The summed E-state index contributed by atoms with van der Waals surface area (Å²) >= 11 is 3.34. The van der Waals surface area contributed by atoms with Crippen LogP contribution < -0.4 is 5.73 Å². The van der Waals surface area contributed by atoms with Gasteiger partial charge in [-0.25, -0.2) is 9.37 Å². The fraction of sp³-hybridized carbons (Fsp3) is 0.100. The standard InChI is InChI=1S/C10H8BrFN2/c11-8-3-4-9(12)10-7(8)2-1-6(5-13)14-10/h1-4H,5,13H2. The van der Waals surface area contributed by atoms with Crippen LogP contribution in [0.4, 0.5) is 4.39 Å². The van der Waals surface area contributed by atoms with E-state index in [4.69, 9.17) is 5.73 Å². The molecule has 1 heterocycles. The van der Waals surface area contributed by atoms with Crippen LogP contribution in [0.1, 0.15) is 5.69 Å². The van der Waals surface area contributed by atoms with Crippen LogP contribution in [0.5, 0.6) is 0 Å². The van der Waals surface area contributed by atoms with Crippen LogP contribution in [0.15, 0.2) is 28.7 Å². The Hall–Kier alpha value is -1.00. The van der Waals surface area contributed by atoms with Gasteiger partial charge in [0.25, 0.3) is 0 Å². The van der Waals surface area contributed by atoms with Crippen molar-refractivity contribution in [3.05, 3.63) is 40.2 Å². The van der Waals surface area contributed by atoms with Gasteiger partial charge in [0.2, 0.25) is 0 Å². The molecule has 0 atom stereocenters. The Labute approximate surface area is 89.1 Å². The Balaban J connectivity index is 2.80. The van der Waals surface area contributed by atoms with E-state index in [0.29, 0.717) is 17.8 Å². The van der Waals surface area contributed by atoms with E-state index in [1.54, 1.807) is 12.1 Å². The van der Waals surface area contributed by atoms with E-state index in [-0.39, 0.29) is 5.82 Å². The second-order valence-electron chi connectivity index (χ2n) is 2.93. The third-order valence-corrected chi connectivity index (χ3v) is 2.71. The predicted octanol–water partition coefficient (Wildman–Crippen LogP) is 2.60. The average molecular weight is 255 g/mol. The Bertz CT molecular complexity index is 485. The number of nitrogens with zero attached hydrogens (tertiary/aromatic N) is 1. The summed E-state index contributed by atoms with van der Waals surface area (Å²) in [5.74, 6) is -0.321. The Morgan fingerprint density at radius 3 is 2.79 bits per heavy atom. The predicted molar refractivity (Wildman–Crippen MR) is 57.3 cm³/mol. The number of halogens is 2. The Kier molecular flexibility index (Phi) is 2.48. The normalized spacial score (nSPS) is 10.8. The number of nitrogens with two attached hydrogens (primary N) is 1. The van der Waals surface area contributed by atoms with Crippen molar-refractivity contribution in [1.29, 1.82) is 0 Å². The lowest BCUT2D eigenvalue weighted by Crippen LogP contribution is -2.00. The monoisotopic (exact) mass is 254 g/mol. The molecule has 1 aromatic carbocycles. The first-order valence-electron chi connectivity index (χ1n) is 4.16. The molecule has 0 unspecified atom stereocenters. The minimum absolute atomic E-state index is 0.321. The number of hydrogen-bond acceptors (Lipinski definition) is 2. The zero-order valence-corrected chi connectivity index (χ0v) is 8.88. The molecule has 0 aliphatic rings. The van der Waals surface area contributed by atoms with Crippen molar-refractivity contribution in [2.75, 3.05) is 0 Å². The van der Waals surface area contributed by atoms with Crippen molar-refractivity contribution < 1.29 is 4.39 Å². The van der Waals surface area contributed by atoms with Gasteiger partial charge in [0, 0.05) is 16.4 Å². The highest BCUT2D eigenvalue weighted by molar-refractivity contribution is 9.10. The van der Waals surface area contributed by atoms with Crippen LogP contribution >= 0.6 is 15.9 Å². The second kappa shape index (κ2) is 3.63. The summed E-state index contributed by atoms with van der Waals surface area (Å²) in [5.41, 5.74) is 6.48. The lowest BCUT2D eigenvalue weighted by atomic mass is 10.2. The van der Waals surface area contributed by atoms with Gasteiger partial charge >= 0.3 is 0 Å². The molecule has 4 heteroatoms. The Morgan fingerprint density at radius 2 is 2.07 bits per heavy atom. The SMILES string of the molecule is NCc1ccc2c(Br)ccc(F)c2n1. The number of pyridine rings is 1. The average Bonchev–Trinajstić information content (AvgIpc) is 2.23. The number of rotatable bonds is 1. The molecule has 0 amide bonds. The minimum atomic E-state index is -0.321. The van der Waals surface area contributed by atoms with Gasteiger partial charge in [0.05, 0.1) is 5.69 Å². The molecule has 2 rings (SSSR count). The molecular weight excluding hydrogens is 247 g/mol. The Morgan fingerprint density at radius 1 is 1.29 bits per heavy atom. The van der Waals surface area contributed by atoms with Crippen LogP contribution in [0.25, 0.3) is 10.9 Å². The van der Waals surface area contributed by atoms with Crippen LogP contribution in [0, 0.1) is 5.82 Å². The molecule has 0 saturated heterocycles. The molecule has 72 valence electrons. The number of benzene rings is 1. The summed E-state index contributed by atoms with van der Waals surface area (Å²) < 4.78 is 14.2. The fourth-order valence-electron chi connectivity index (χ4n) is 1.30.